The van der Waals surface area contributed by atoms with Gasteiger partial charge in [-0.25, -0.2) is 0 Å². The van der Waals surface area contributed by atoms with E-state index in [0.717, 1.165) is 12.1 Å². The van der Waals surface area contributed by atoms with E-state index in [2.05, 4.69) is 9.05 Å². The topological polar surface area (TPSA) is 266 Å². The maximum atomic E-state index is 11.2. The summed E-state index contributed by atoms with van der Waals surface area (Å²) in [7, 11) is -22.1. The van der Waals surface area contributed by atoms with Gasteiger partial charge < -0.3 is 57.8 Å². The Kier molecular flexibility index (Phi) is 14.0. The molecular weight excluding hydrogens is 825 g/mol. The van der Waals surface area contributed by atoms with Crippen molar-refractivity contribution < 1.29 is 98.0 Å². The molecule has 4 unspecified atom stereocenters. The van der Waals surface area contributed by atoms with Crippen LogP contribution in [0.5, 0.6) is 11.5 Å². The Labute approximate surface area is 231 Å². The molecular formula is C14H12Cl2O14P4U. The molecule has 2 rings (SSSR count). The Bertz CT molecular complexity index is 1100. The van der Waals surface area contributed by atoms with Crippen molar-refractivity contribution in [3.8, 4) is 11.5 Å². The maximum Gasteiger partial charge on any atom is 6.00 e. The molecule has 0 fully saturated rings. The monoisotopic (exact) mass is 836 g/mol. The van der Waals surface area contributed by atoms with Crippen LogP contribution in [0.15, 0.2) is 48.5 Å². The van der Waals surface area contributed by atoms with Crippen LogP contribution in [0.1, 0.15) is 0 Å². The van der Waals surface area contributed by atoms with Crippen LogP contribution < -0.4 is 38.4 Å². The molecule has 2 N–H and O–H groups in total. The Hall–Kier alpha value is 0.272. The summed E-state index contributed by atoms with van der Waals surface area (Å²) in [5, 5.41) is 17.4. The van der Waals surface area contributed by atoms with Crippen molar-refractivity contribution in [2.45, 2.75) is 11.2 Å². The van der Waals surface area contributed by atoms with Gasteiger partial charge in [-0.05, 0) is 39.5 Å². The third-order valence-corrected chi connectivity index (χ3v) is 10.4. The summed E-state index contributed by atoms with van der Waals surface area (Å²) in [4.78, 5) is 64.0. The van der Waals surface area contributed by atoms with Crippen molar-refractivity contribution in [1.29, 1.82) is 0 Å². The zero-order valence-electron chi connectivity index (χ0n) is 16.6. The van der Waals surface area contributed by atoms with E-state index >= 15 is 0 Å². The number of para-hydroxylation sites is 2. The van der Waals surface area contributed by atoms with E-state index in [4.69, 9.17) is 33.4 Å². The summed E-state index contributed by atoms with van der Waals surface area (Å²) in [5.41, 5.74) is -6.29. The zero-order valence-corrected chi connectivity index (χ0v) is 25.9. The molecule has 0 radical (unpaired) electrons. The average molecular weight is 837 g/mol. The van der Waals surface area contributed by atoms with Crippen LogP contribution >= 0.6 is 53.6 Å². The van der Waals surface area contributed by atoms with Gasteiger partial charge in [0.15, 0.2) is 11.2 Å². The first-order valence-electron chi connectivity index (χ1n) is 8.18. The number of rotatable bonds is 8. The molecule has 0 bridgehead atoms. The smallest absolute Gasteiger partial charge is 0.809 e. The van der Waals surface area contributed by atoms with Gasteiger partial charge in [0.05, 0.1) is 10.0 Å². The van der Waals surface area contributed by atoms with E-state index in [1.54, 1.807) is 0 Å². The van der Waals surface area contributed by atoms with Gasteiger partial charge in [0.2, 0.25) is 15.2 Å². The molecule has 0 spiro atoms. The van der Waals surface area contributed by atoms with Crippen LogP contribution in [-0.4, -0.2) is 21.4 Å². The molecule has 0 heterocycles. The van der Waals surface area contributed by atoms with Crippen LogP contribution in [0.4, 0.5) is 0 Å². The second kappa shape index (κ2) is 13.9. The molecule has 0 aromatic heterocycles. The predicted molar refractivity (Wildman–Crippen MR) is 107 cm³/mol. The van der Waals surface area contributed by atoms with Gasteiger partial charge in [-0.3, -0.25) is 9.13 Å². The van der Waals surface area contributed by atoms with Crippen molar-refractivity contribution in [2.75, 3.05) is 0 Å². The van der Waals surface area contributed by atoms with Gasteiger partial charge in [-0.1, -0.05) is 47.5 Å². The summed E-state index contributed by atoms with van der Waals surface area (Å²) in [6, 6.07) is 10.6. The number of benzene rings is 2. The Morgan fingerprint density at radius 3 is 1.11 bits per heavy atom. The quantitative estimate of drug-likeness (QED) is 0.300. The second-order valence-electron chi connectivity index (χ2n) is 5.90. The first kappa shape index (κ1) is 35.3. The van der Waals surface area contributed by atoms with Crippen LogP contribution in [-0.2, 0) is 18.3 Å². The van der Waals surface area contributed by atoms with E-state index in [0.29, 0.717) is 0 Å². The molecule has 0 amide bonds. The number of aliphatic hydroxyl groups is 2. The molecule has 2 aromatic rings. The first-order chi connectivity index (χ1) is 15.3. The number of aliphatic hydroxyl groups excluding tert-OH is 2. The fourth-order valence-corrected chi connectivity index (χ4v) is 6.32. The fraction of sp³-hybridized carbons (Fsp3) is 0.143. The number of hydrogen-bond donors (Lipinski definition) is 2. The summed E-state index contributed by atoms with van der Waals surface area (Å²) in [5.74, 6) is -0.750. The van der Waals surface area contributed by atoms with Crippen molar-refractivity contribution in [3.05, 3.63) is 58.6 Å². The van der Waals surface area contributed by atoms with Gasteiger partial charge in [-0.2, -0.15) is 0 Å². The van der Waals surface area contributed by atoms with E-state index in [9.17, 15) is 47.6 Å². The zero-order chi connectivity index (χ0) is 26.5. The van der Waals surface area contributed by atoms with Crippen LogP contribution in [0.3, 0.4) is 0 Å². The summed E-state index contributed by atoms with van der Waals surface area (Å²) < 4.78 is 51.8. The van der Waals surface area contributed by atoms with E-state index in [-0.39, 0.29) is 52.7 Å². The molecule has 35 heavy (non-hydrogen) atoms. The maximum absolute atomic E-state index is 11.2. The standard InChI is InChI=1S/2C7H9ClO7P2.U/c2*8-5-3-1-2-4-6(5)15-17(13,14)7(9)16(10,11)12;/h2*1-4,7,9H,(H,13,14)(H2,10,11,12);/q;;+6/p-6. The van der Waals surface area contributed by atoms with Crippen molar-refractivity contribution in [1.82, 2.24) is 0 Å². The molecule has 4 atom stereocenters. The van der Waals surface area contributed by atoms with E-state index in [1.807, 2.05) is 0 Å². The first-order valence-corrected chi connectivity index (χ1v) is 15.4. The number of hydrogen-bond acceptors (Lipinski definition) is 14. The van der Waals surface area contributed by atoms with Crippen LogP contribution in [0.25, 0.3) is 0 Å². The molecule has 0 aliphatic heterocycles. The minimum atomic E-state index is -5.72. The molecule has 0 saturated heterocycles. The predicted octanol–water partition coefficient (Wildman–Crippen LogP) is -1.08. The van der Waals surface area contributed by atoms with Crippen LogP contribution in [0.2, 0.25) is 10.0 Å². The normalized spacial score (nSPS) is 16.7. The molecule has 0 aliphatic carbocycles. The fourth-order valence-electron chi connectivity index (χ4n) is 1.75. The van der Waals surface area contributed by atoms with Gasteiger partial charge in [0.1, 0.15) is 11.5 Å². The molecule has 190 valence electrons. The number of halogens is 2. The Morgan fingerprint density at radius 1 is 0.629 bits per heavy atom. The van der Waals surface area contributed by atoms with Crippen molar-refractivity contribution in [3.63, 3.8) is 0 Å². The second-order valence-corrected chi connectivity index (χ2v) is 14.2. The van der Waals surface area contributed by atoms with Gasteiger partial charge in [0, 0.05) is 0 Å². The van der Waals surface area contributed by atoms with Gasteiger partial charge in [-0.15, -0.1) is 0 Å². The summed E-state index contributed by atoms with van der Waals surface area (Å²) >= 11 is 11.1. The van der Waals surface area contributed by atoms with E-state index in [1.165, 1.54) is 36.4 Å². The van der Waals surface area contributed by atoms with Crippen LogP contribution in [0, 0.1) is 31.1 Å². The molecule has 14 nitrogen and oxygen atoms in total. The Morgan fingerprint density at radius 2 is 0.886 bits per heavy atom. The van der Waals surface area contributed by atoms with Crippen molar-refractivity contribution in [2.24, 2.45) is 0 Å². The molecule has 21 heteroatoms. The van der Waals surface area contributed by atoms with E-state index < -0.39 is 41.6 Å². The molecule has 0 aliphatic rings. The third kappa shape index (κ3) is 11.3. The van der Waals surface area contributed by atoms with Gasteiger partial charge in [0.25, 0.3) is 0 Å². The average Bonchev–Trinajstić information content (AvgIpc) is 2.69. The largest absolute Gasteiger partial charge is 6.00 e. The molecule has 0 saturated carbocycles. The summed E-state index contributed by atoms with van der Waals surface area (Å²) in [6.45, 7) is 0. The van der Waals surface area contributed by atoms with Gasteiger partial charge >= 0.3 is 31.1 Å². The minimum Gasteiger partial charge on any atom is -0.809 e. The third-order valence-electron chi connectivity index (χ3n) is 3.26. The Balaban J connectivity index is 0.000000642. The molecule has 2 aromatic carbocycles. The minimum absolute atomic E-state index is 0. The van der Waals surface area contributed by atoms with Crippen molar-refractivity contribution >= 4 is 53.6 Å². The SMILES string of the molecule is O=P([O-])([O-])C(O)P(=O)([O-])Oc1ccccc1Cl.O=P([O-])([O-])C(O)P(=O)([O-])Oc1ccccc1Cl.[U+6]. The summed E-state index contributed by atoms with van der Waals surface area (Å²) in [6.07, 6.45) is 0.